The van der Waals surface area contributed by atoms with Gasteiger partial charge in [0.2, 0.25) is 5.91 Å². The zero-order valence-electron chi connectivity index (χ0n) is 7.73. The van der Waals surface area contributed by atoms with Crippen LogP contribution in [0.2, 0.25) is 0 Å². The molecule has 4 heteroatoms. The highest BCUT2D eigenvalue weighted by atomic mass is 16.2. The minimum Gasteiger partial charge on any atom is -0.355 e. The van der Waals surface area contributed by atoms with Gasteiger partial charge < -0.3 is 10.6 Å². The Morgan fingerprint density at radius 3 is 2.54 bits per heavy atom. The van der Waals surface area contributed by atoms with Crippen LogP contribution >= 0.6 is 0 Å². The molecule has 0 unspecified atom stereocenters. The summed E-state index contributed by atoms with van der Waals surface area (Å²) in [5, 5.41) is 4.86. The lowest BCUT2D eigenvalue weighted by Crippen LogP contribution is -2.20. The fourth-order valence-corrected chi connectivity index (χ4v) is 0.527. The van der Waals surface area contributed by atoms with Gasteiger partial charge in [-0.15, -0.1) is 0 Å². The molecule has 0 saturated heterocycles. The smallest absolute Gasteiger partial charge is 0.258 e. The van der Waals surface area contributed by atoms with Crippen LogP contribution in [0.4, 0.5) is 0 Å². The summed E-state index contributed by atoms with van der Waals surface area (Å²) in [6.45, 7) is 5.07. The molecule has 0 atom stereocenters. The Hall–Kier alpha value is -1.76. The van der Waals surface area contributed by atoms with Crippen LogP contribution in [0.15, 0.2) is 12.2 Å². The van der Waals surface area contributed by atoms with Crippen molar-refractivity contribution < 1.29 is 9.59 Å². The Bertz CT molecular complexity index is 284. The molecule has 70 valence electrons. The molecule has 0 saturated carbocycles. The maximum atomic E-state index is 10.8. The Kier molecular flexibility index (Phi) is 5.05. The summed E-state index contributed by atoms with van der Waals surface area (Å²) in [4.78, 5) is 21.2. The quantitative estimate of drug-likeness (QED) is 0.441. The zero-order valence-corrected chi connectivity index (χ0v) is 7.73. The third kappa shape index (κ3) is 5.50. The number of carbonyl (C=O) groups is 2. The molecule has 0 aliphatic rings. The molecule has 2 amide bonds. The number of likely N-dealkylation sites (N-methyl/N-ethyl adjacent to an activating group) is 1. The van der Waals surface area contributed by atoms with Crippen molar-refractivity contribution in [2.24, 2.45) is 0 Å². The Labute approximate surface area is 77.4 Å². The molecule has 0 heterocycles. The first-order valence-corrected chi connectivity index (χ1v) is 3.72. The van der Waals surface area contributed by atoms with Gasteiger partial charge in [-0.1, -0.05) is 18.4 Å². The predicted molar refractivity (Wildman–Crippen MR) is 49.7 cm³/mol. The Morgan fingerprint density at radius 1 is 1.46 bits per heavy atom. The lowest BCUT2D eigenvalue weighted by Gasteiger charge is -1.94. The van der Waals surface area contributed by atoms with Crippen molar-refractivity contribution in [2.75, 3.05) is 13.6 Å². The van der Waals surface area contributed by atoms with E-state index in [0.717, 1.165) is 0 Å². The van der Waals surface area contributed by atoms with Crippen molar-refractivity contribution in [1.82, 2.24) is 10.6 Å². The van der Waals surface area contributed by atoms with Crippen LogP contribution < -0.4 is 10.6 Å². The van der Waals surface area contributed by atoms with Gasteiger partial charge in [0, 0.05) is 14.0 Å². The van der Waals surface area contributed by atoms with Crippen molar-refractivity contribution >= 4 is 11.8 Å². The van der Waals surface area contributed by atoms with Gasteiger partial charge in [0.25, 0.3) is 5.91 Å². The largest absolute Gasteiger partial charge is 0.355 e. The normalized spacial score (nSPS) is 7.85. The number of amides is 2. The summed E-state index contributed by atoms with van der Waals surface area (Å²) in [5.74, 6) is 4.64. The number of rotatable bonds is 2. The molecule has 0 bridgehead atoms. The maximum Gasteiger partial charge on any atom is 0.258 e. The minimum absolute atomic E-state index is 0.153. The fourth-order valence-electron chi connectivity index (χ4n) is 0.527. The van der Waals surface area contributed by atoms with Crippen LogP contribution in [0.5, 0.6) is 0 Å². The van der Waals surface area contributed by atoms with Gasteiger partial charge >= 0.3 is 0 Å². The Morgan fingerprint density at radius 2 is 2.08 bits per heavy atom. The fraction of sp³-hybridized carbons (Fsp3) is 0.333. The van der Waals surface area contributed by atoms with E-state index in [-0.39, 0.29) is 23.9 Å². The first-order valence-electron chi connectivity index (χ1n) is 3.72. The number of nitrogens with one attached hydrogen (secondary N) is 2. The minimum atomic E-state index is -0.310. The van der Waals surface area contributed by atoms with Crippen molar-refractivity contribution in [3.05, 3.63) is 12.2 Å². The lowest BCUT2D eigenvalue weighted by molar-refractivity contribution is -0.118. The molecule has 0 radical (unpaired) electrons. The van der Waals surface area contributed by atoms with Gasteiger partial charge in [0.15, 0.2) is 0 Å². The number of carbonyl (C=O) groups excluding carboxylic acids is 2. The second-order valence-electron chi connectivity index (χ2n) is 2.27. The van der Waals surface area contributed by atoms with Gasteiger partial charge in [0.1, 0.15) is 0 Å². The number of hydrogen-bond acceptors (Lipinski definition) is 2. The van der Waals surface area contributed by atoms with Crippen molar-refractivity contribution in [1.29, 1.82) is 0 Å². The van der Waals surface area contributed by atoms with Crippen LogP contribution in [0.3, 0.4) is 0 Å². The molecule has 2 N–H and O–H groups in total. The third-order valence-corrected chi connectivity index (χ3v) is 1.17. The zero-order chi connectivity index (χ0) is 10.3. The first-order chi connectivity index (χ1) is 6.07. The first kappa shape index (κ1) is 11.2. The average molecular weight is 180 g/mol. The van der Waals surface area contributed by atoms with Crippen molar-refractivity contribution in [3.8, 4) is 11.8 Å². The van der Waals surface area contributed by atoms with Gasteiger partial charge in [-0.3, -0.25) is 9.59 Å². The van der Waals surface area contributed by atoms with E-state index in [0.29, 0.717) is 0 Å². The van der Waals surface area contributed by atoms with Crippen molar-refractivity contribution in [3.63, 3.8) is 0 Å². The summed E-state index contributed by atoms with van der Waals surface area (Å²) in [6.07, 6.45) is 0. The highest BCUT2D eigenvalue weighted by molar-refractivity contribution is 5.96. The summed E-state index contributed by atoms with van der Waals surface area (Å²) < 4.78 is 0. The van der Waals surface area contributed by atoms with Gasteiger partial charge in [-0.25, -0.2) is 0 Å². The molecule has 0 aromatic heterocycles. The molecule has 0 aromatic rings. The molecule has 4 nitrogen and oxygen atoms in total. The highest BCUT2D eigenvalue weighted by Crippen LogP contribution is 1.84. The molecule has 13 heavy (non-hydrogen) atoms. The van der Waals surface area contributed by atoms with E-state index in [1.165, 1.54) is 14.0 Å². The highest BCUT2D eigenvalue weighted by Gasteiger charge is 1.97. The molecule has 0 aromatic carbocycles. The van der Waals surface area contributed by atoms with Gasteiger partial charge in [-0.05, 0) is 0 Å². The van der Waals surface area contributed by atoms with Gasteiger partial charge in [-0.2, -0.15) is 0 Å². The van der Waals surface area contributed by atoms with Crippen LogP contribution in [0.25, 0.3) is 0 Å². The van der Waals surface area contributed by atoms with E-state index in [9.17, 15) is 9.59 Å². The van der Waals surface area contributed by atoms with Gasteiger partial charge in [0.05, 0.1) is 12.1 Å². The SMILES string of the molecule is C=C(C#CCNC(C)=O)C(=O)NC. The molecular weight excluding hydrogens is 168 g/mol. The van der Waals surface area contributed by atoms with Crippen LogP contribution in [0.1, 0.15) is 6.92 Å². The van der Waals surface area contributed by atoms with E-state index < -0.39 is 0 Å². The topological polar surface area (TPSA) is 58.2 Å². The monoisotopic (exact) mass is 180 g/mol. The van der Waals surface area contributed by atoms with Crippen LogP contribution in [-0.2, 0) is 9.59 Å². The molecule has 0 rings (SSSR count). The summed E-state index contributed by atoms with van der Waals surface area (Å²) in [7, 11) is 1.50. The Balaban J connectivity index is 3.90. The summed E-state index contributed by atoms with van der Waals surface area (Å²) in [5.41, 5.74) is 0.188. The molecule has 0 fully saturated rings. The van der Waals surface area contributed by atoms with E-state index >= 15 is 0 Å². The number of hydrogen-bond donors (Lipinski definition) is 2. The van der Waals surface area contributed by atoms with E-state index in [1.54, 1.807) is 0 Å². The molecular formula is C9H12N2O2. The third-order valence-electron chi connectivity index (χ3n) is 1.17. The molecule has 0 aliphatic carbocycles. The summed E-state index contributed by atoms with van der Waals surface area (Å²) >= 11 is 0. The van der Waals surface area contributed by atoms with E-state index in [2.05, 4.69) is 29.1 Å². The second-order valence-corrected chi connectivity index (χ2v) is 2.27. The van der Waals surface area contributed by atoms with Crippen molar-refractivity contribution in [2.45, 2.75) is 6.92 Å². The van der Waals surface area contributed by atoms with E-state index in [4.69, 9.17) is 0 Å². The molecule has 0 spiro atoms. The predicted octanol–water partition coefficient (Wildman–Crippen LogP) is -0.572. The standard InChI is InChI=1S/C9H12N2O2/c1-7(9(13)10-3)5-4-6-11-8(2)12/h1,6H2,2-3H3,(H,10,13)(H,11,12). The van der Waals surface area contributed by atoms with Crippen LogP contribution in [-0.4, -0.2) is 25.4 Å². The second kappa shape index (κ2) is 5.84. The maximum absolute atomic E-state index is 10.8. The average Bonchev–Trinajstić information content (AvgIpc) is 2.10. The lowest BCUT2D eigenvalue weighted by atomic mass is 10.3. The molecule has 0 aliphatic heterocycles. The van der Waals surface area contributed by atoms with E-state index in [1.807, 2.05) is 0 Å². The summed E-state index contributed by atoms with van der Waals surface area (Å²) in [6, 6.07) is 0. The van der Waals surface area contributed by atoms with Crippen LogP contribution in [0, 0.1) is 11.8 Å².